The van der Waals surface area contributed by atoms with E-state index in [2.05, 4.69) is 15.0 Å². The van der Waals surface area contributed by atoms with Crippen LogP contribution in [0.2, 0.25) is 0 Å². The third-order valence-electron chi connectivity index (χ3n) is 6.82. The van der Waals surface area contributed by atoms with Crippen molar-refractivity contribution in [2.45, 2.75) is 62.4 Å². The molecule has 0 bridgehead atoms. The average molecular weight is 785 g/mol. The number of rotatable bonds is 13. The van der Waals surface area contributed by atoms with E-state index < -0.39 is 52.3 Å². The number of nitrogens with zero attached hydrogens (tertiary/aromatic N) is 2. The van der Waals surface area contributed by atoms with E-state index in [0.29, 0.717) is 36.9 Å². The number of aliphatic imine (C=N–C) groups is 1. The van der Waals surface area contributed by atoms with Gasteiger partial charge in [0.1, 0.15) is 17.9 Å². The Bertz CT molecular complexity index is 1660. The Morgan fingerprint density at radius 2 is 1.43 bits per heavy atom. The van der Waals surface area contributed by atoms with Crippen LogP contribution in [-0.4, -0.2) is 96.6 Å². The summed E-state index contributed by atoms with van der Waals surface area (Å²) in [4.78, 5) is 49.8. The second kappa shape index (κ2) is 20.6. The first kappa shape index (κ1) is 45.6. The zero-order chi connectivity index (χ0) is 40.6. The smallest absolute Gasteiger partial charge is 0.475 e. The van der Waals surface area contributed by atoms with E-state index >= 15 is 0 Å². The third-order valence-corrected chi connectivity index (χ3v) is 8.18. The van der Waals surface area contributed by atoms with Gasteiger partial charge < -0.3 is 37.6 Å². The van der Waals surface area contributed by atoms with Crippen LogP contribution in [0.15, 0.2) is 59.6 Å². The lowest BCUT2D eigenvalue weighted by molar-refractivity contribution is -0.193. The molecule has 16 nitrogen and oxygen atoms in total. The van der Waals surface area contributed by atoms with Gasteiger partial charge in [-0.3, -0.25) is 20.0 Å². The molecule has 0 spiro atoms. The zero-order valence-electron chi connectivity index (χ0n) is 27.7. The van der Waals surface area contributed by atoms with Crippen LogP contribution in [0.5, 0.6) is 0 Å². The van der Waals surface area contributed by atoms with Gasteiger partial charge in [-0.1, -0.05) is 54.6 Å². The van der Waals surface area contributed by atoms with Crippen LogP contribution in [0.4, 0.5) is 26.3 Å². The molecule has 1 fully saturated rings. The summed E-state index contributed by atoms with van der Waals surface area (Å²) in [6.45, 7) is 0.815. The predicted molar refractivity (Wildman–Crippen MR) is 177 cm³/mol. The number of alkyl halides is 6. The van der Waals surface area contributed by atoms with Gasteiger partial charge in [0, 0.05) is 25.2 Å². The van der Waals surface area contributed by atoms with Crippen molar-refractivity contribution < 1.29 is 64.2 Å². The Labute approximate surface area is 299 Å². The van der Waals surface area contributed by atoms with Gasteiger partial charge in [-0.2, -0.15) is 26.3 Å². The lowest BCUT2D eigenvalue weighted by Crippen LogP contribution is -2.53. The van der Waals surface area contributed by atoms with Crippen molar-refractivity contribution >= 4 is 45.6 Å². The van der Waals surface area contributed by atoms with E-state index in [4.69, 9.17) is 42.4 Å². The molecule has 294 valence electrons. The minimum absolute atomic E-state index is 0.0436. The highest BCUT2D eigenvalue weighted by molar-refractivity contribution is 7.88. The highest BCUT2D eigenvalue weighted by Crippen LogP contribution is 2.21. The van der Waals surface area contributed by atoms with Crippen molar-refractivity contribution in [2.24, 2.45) is 22.2 Å². The summed E-state index contributed by atoms with van der Waals surface area (Å²) in [5.41, 5.74) is 18.2. The van der Waals surface area contributed by atoms with Gasteiger partial charge in [0.15, 0.2) is 5.96 Å². The molecule has 2 aromatic carbocycles. The van der Waals surface area contributed by atoms with Gasteiger partial charge in [0.2, 0.25) is 21.8 Å². The first-order chi connectivity index (χ1) is 24.4. The predicted octanol–water partition coefficient (Wildman–Crippen LogP) is 1.39. The monoisotopic (exact) mass is 784 g/mol. The molecule has 0 saturated carbocycles. The van der Waals surface area contributed by atoms with E-state index in [1.165, 1.54) is 4.90 Å². The van der Waals surface area contributed by atoms with Crippen LogP contribution in [0, 0.1) is 5.41 Å². The van der Waals surface area contributed by atoms with Crippen molar-refractivity contribution in [3.05, 3.63) is 71.3 Å². The van der Waals surface area contributed by atoms with Crippen LogP contribution >= 0.6 is 0 Å². The molecular weight excluding hydrogens is 746 g/mol. The summed E-state index contributed by atoms with van der Waals surface area (Å²) in [5, 5.41) is 24.6. The quantitative estimate of drug-likeness (QED) is 0.0622. The SMILES string of the molecule is N=C(N)c1ccc(CNC(=O)[C@@H]2CCCN2C(=O)[C@@H](CCCN=C(N)N)NS(=O)(=O)Cc2ccccc2)cc1.O=C(O)C(F)(F)F.O=C(O)C(F)(F)F. The van der Waals surface area contributed by atoms with Crippen molar-refractivity contribution in [3.63, 3.8) is 0 Å². The lowest BCUT2D eigenvalue weighted by Gasteiger charge is -2.28. The van der Waals surface area contributed by atoms with Crippen LogP contribution in [0.3, 0.4) is 0 Å². The molecule has 2 amide bonds. The maximum atomic E-state index is 13.6. The highest BCUT2D eigenvalue weighted by atomic mass is 32.2. The molecular formula is C30H38F6N8O8S. The molecule has 23 heteroatoms. The number of nitrogen functional groups attached to an aromatic ring is 1. The molecule has 53 heavy (non-hydrogen) atoms. The largest absolute Gasteiger partial charge is 0.490 e. The molecule has 2 aromatic rings. The number of carboxylic acids is 2. The van der Waals surface area contributed by atoms with Crippen molar-refractivity contribution in [2.75, 3.05) is 13.1 Å². The summed E-state index contributed by atoms with van der Waals surface area (Å²) in [7, 11) is -3.86. The Hall–Kier alpha value is -5.45. The van der Waals surface area contributed by atoms with Gasteiger partial charge in [0.25, 0.3) is 0 Å². The number of carboxylic acid groups (broad SMARTS) is 2. The zero-order valence-corrected chi connectivity index (χ0v) is 28.5. The number of sulfonamides is 1. The number of benzene rings is 2. The second-order valence-corrected chi connectivity index (χ2v) is 12.7. The Morgan fingerprint density at radius 1 is 0.906 bits per heavy atom. The molecule has 1 aliphatic rings. The molecule has 0 aromatic heterocycles. The standard InChI is InChI=1S/C26H36N8O4S.2C2HF3O2/c27-23(28)20-12-10-18(11-13-20)16-32-24(35)22-9-5-15-34(22)25(36)21(8-4-14-31-26(29)30)33-39(37,38)17-19-6-2-1-3-7-19;2*3-2(4,5)1(6)7/h1-3,6-7,10-13,21-22,33H,4-5,8-9,14-17H2,(H3,27,28)(H,32,35)(H4,29,30,31);2*(H,6,7)/t21-,22+;;/m1../s1. The Balaban J connectivity index is 0.000000845. The van der Waals surface area contributed by atoms with E-state index in [-0.39, 0.29) is 43.0 Å². The Morgan fingerprint density at radius 3 is 1.91 bits per heavy atom. The molecule has 11 N–H and O–H groups in total. The summed E-state index contributed by atoms with van der Waals surface area (Å²) < 4.78 is 91.9. The lowest BCUT2D eigenvalue weighted by atomic mass is 10.1. The number of amidine groups is 1. The van der Waals surface area contributed by atoms with Crippen LogP contribution in [0.25, 0.3) is 0 Å². The maximum absolute atomic E-state index is 13.6. The molecule has 1 heterocycles. The fourth-order valence-electron chi connectivity index (χ4n) is 4.40. The second-order valence-electron chi connectivity index (χ2n) is 11.0. The van der Waals surface area contributed by atoms with E-state index in [0.717, 1.165) is 5.56 Å². The topological polar surface area (TPSA) is 284 Å². The highest BCUT2D eigenvalue weighted by Gasteiger charge is 2.39. The number of nitrogens with one attached hydrogen (secondary N) is 3. The van der Waals surface area contributed by atoms with Crippen LogP contribution in [-0.2, 0) is 41.5 Å². The summed E-state index contributed by atoms with van der Waals surface area (Å²) in [6, 6.07) is 13.8. The number of guanidine groups is 1. The number of halogens is 6. The van der Waals surface area contributed by atoms with Crippen molar-refractivity contribution in [1.29, 1.82) is 5.41 Å². The average Bonchev–Trinajstić information content (AvgIpc) is 3.55. The molecule has 1 aliphatic heterocycles. The number of hydrogen-bond donors (Lipinski definition) is 8. The summed E-state index contributed by atoms with van der Waals surface area (Å²) >= 11 is 0. The van der Waals surface area contributed by atoms with E-state index in [9.17, 15) is 44.3 Å². The van der Waals surface area contributed by atoms with Gasteiger partial charge in [-0.05, 0) is 36.8 Å². The van der Waals surface area contributed by atoms with Crippen LogP contribution < -0.4 is 27.2 Å². The molecule has 0 unspecified atom stereocenters. The van der Waals surface area contributed by atoms with E-state index in [1.807, 2.05) is 0 Å². The first-order valence-corrected chi connectivity index (χ1v) is 16.8. The number of carbonyl (C=O) groups is 4. The summed E-state index contributed by atoms with van der Waals surface area (Å²) in [5.74, 6) is -6.70. The number of amides is 2. The van der Waals surface area contributed by atoms with Crippen molar-refractivity contribution in [1.82, 2.24) is 14.9 Å². The van der Waals surface area contributed by atoms with Crippen LogP contribution in [0.1, 0.15) is 42.4 Å². The molecule has 1 saturated heterocycles. The number of nitrogens with two attached hydrogens (primary N) is 3. The van der Waals surface area contributed by atoms with E-state index in [1.54, 1.807) is 54.6 Å². The number of hydrogen-bond acceptors (Lipinski definition) is 8. The maximum Gasteiger partial charge on any atom is 0.490 e. The molecule has 2 atom stereocenters. The van der Waals surface area contributed by atoms with Gasteiger partial charge in [0.05, 0.1) is 5.75 Å². The Kier molecular flexibility index (Phi) is 17.7. The fourth-order valence-corrected chi connectivity index (χ4v) is 5.77. The number of carbonyl (C=O) groups excluding carboxylic acids is 2. The molecule has 0 radical (unpaired) electrons. The van der Waals surface area contributed by atoms with Gasteiger partial charge >= 0.3 is 24.3 Å². The number of aliphatic carboxylic acids is 2. The van der Waals surface area contributed by atoms with Gasteiger partial charge in [-0.25, -0.2) is 22.7 Å². The minimum Gasteiger partial charge on any atom is -0.475 e. The summed E-state index contributed by atoms with van der Waals surface area (Å²) in [6.07, 6.45) is -8.55. The number of likely N-dealkylation sites (tertiary alicyclic amines) is 1. The first-order valence-electron chi connectivity index (χ1n) is 15.2. The van der Waals surface area contributed by atoms with Gasteiger partial charge in [-0.15, -0.1) is 0 Å². The minimum atomic E-state index is -5.08. The van der Waals surface area contributed by atoms with Crippen molar-refractivity contribution in [3.8, 4) is 0 Å². The normalized spacial score (nSPS) is 14.7. The molecule has 3 rings (SSSR count). The fraction of sp³-hybridized carbons (Fsp3) is 0.400. The third kappa shape index (κ3) is 17.6. The molecule has 0 aliphatic carbocycles.